The van der Waals surface area contributed by atoms with Gasteiger partial charge < -0.3 is 10.2 Å². The first-order chi connectivity index (χ1) is 24.5. The SMILES string of the molecule is Cc1cc([C@H]2C3=CC[C@@H]4C(=O)N(c5cccc(C(=O)O)c5)C(=O)[C@@H]4[C@@H]3C[C@H]3C(=O)C(c4ccccc4)=CC(=O)[C@@]23c2ccccc2)cc(C)c1O. The maximum absolute atomic E-state index is 15.2. The van der Waals surface area contributed by atoms with Gasteiger partial charge in [-0.1, -0.05) is 90.5 Å². The normalized spacial score (nSPS) is 26.9. The number of carbonyl (C=O) groups excluding carboxylic acids is 4. The van der Waals surface area contributed by atoms with Crippen LogP contribution in [-0.4, -0.2) is 39.6 Å². The van der Waals surface area contributed by atoms with E-state index in [2.05, 4.69) is 0 Å². The number of carboxylic acid groups (broad SMARTS) is 1. The quantitative estimate of drug-likeness (QED) is 0.177. The zero-order valence-corrected chi connectivity index (χ0v) is 28.1. The Kier molecular flexibility index (Phi) is 7.52. The van der Waals surface area contributed by atoms with Crippen molar-refractivity contribution < 1.29 is 34.2 Å². The monoisotopic (exact) mass is 677 g/mol. The van der Waals surface area contributed by atoms with E-state index in [-0.39, 0.29) is 41.4 Å². The van der Waals surface area contributed by atoms with Crippen LogP contribution in [0.3, 0.4) is 0 Å². The van der Waals surface area contributed by atoms with Gasteiger partial charge in [0.05, 0.1) is 28.5 Å². The molecule has 4 aliphatic rings. The molecular formula is C43H35NO7. The predicted octanol–water partition coefficient (Wildman–Crippen LogP) is 6.74. The molecule has 8 nitrogen and oxygen atoms in total. The molecule has 2 N–H and O–H groups in total. The average Bonchev–Trinajstić information content (AvgIpc) is 3.40. The average molecular weight is 678 g/mol. The number of carbonyl (C=O) groups is 5. The Morgan fingerprint density at radius 2 is 1.47 bits per heavy atom. The molecule has 254 valence electrons. The van der Waals surface area contributed by atoms with Crippen LogP contribution in [0, 0.1) is 37.5 Å². The maximum Gasteiger partial charge on any atom is 0.335 e. The Balaban J connectivity index is 1.36. The topological polar surface area (TPSA) is 129 Å². The molecule has 2 fully saturated rings. The van der Waals surface area contributed by atoms with Crippen LogP contribution in [0.2, 0.25) is 0 Å². The second-order valence-electron chi connectivity index (χ2n) is 14.2. The molecule has 0 spiro atoms. The highest BCUT2D eigenvalue weighted by Gasteiger charge is 2.66. The molecule has 4 aromatic rings. The summed E-state index contributed by atoms with van der Waals surface area (Å²) in [4.78, 5) is 71.7. The summed E-state index contributed by atoms with van der Waals surface area (Å²) >= 11 is 0. The number of aryl methyl sites for hydroxylation is 2. The molecule has 0 radical (unpaired) electrons. The van der Waals surface area contributed by atoms with Crippen molar-refractivity contribution >= 4 is 40.6 Å². The molecule has 3 aliphatic carbocycles. The summed E-state index contributed by atoms with van der Waals surface area (Å²) in [7, 11) is 0. The number of anilines is 1. The number of rotatable bonds is 5. The van der Waals surface area contributed by atoms with Gasteiger partial charge in [-0.2, -0.15) is 0 Å². The number of phenols is 1. The van der Waals surface area contributed by atoms with E-state index < -0.39 is 52.8 Å². The Labute approximate surface area is 294 Å². The number of allylic oxidation sites excluding steroid dienone is 4. The Morgan fingerprint density at radius 1 is 0.804 bits per heavy atom. The third kappa shape index (κ3) is 4.69. The number of nitrogens with zero attached hydrogens (tertiary/aromatic N) is 1. The lowest BCUT2D eigenvalue weighted by molar-refractivity contribution is -0.135. The second-order valence-corrected chi connectivity index (χ2v) is 14.2. The standard InChI is InChI=1S/C43H35NO7/c1-23-18-27(19-24(2)38(23)46)37-30-16-17-31-36(41(49)44(40(31)48)29-15-9-12-26(20-29)42(50)51)33(30)21-34-39(47)32(25-10-5-3-6-11-25)22-35(45)43(34,37)28-13-7-4-8-14-28/h3-16,18-20,22,31,33-34,36-37,46H,17,21H2,1-2H3,(H,50,51)/t31-,33+,34-,36-,37-,43-/m0/s1. The van der Waals surface area contributed by atoms with E-state index in [1.807, 2.05) is 78.9 Å². The summed E-state index contributed by atoms with van der Waals surface area (Å²) < 4.78 is 0. The molecule has 1 aliphatic heterocycles. The van der Waals surface area contributed by atoms with Gasteiger partial charge in [-0.3, -0.25) is 24.1 Å². The molecule has 0 aromatic heterocycles. The number of ketones is 2. The van der Waals surface area contributed by atoms with Crippen molar-refractivity contribution in [3.8, 4) is 5.75 Å². The molecule has 1 saturated carbocycles. The van der Waals surface area contributed by atoms with Gasteiger partial charge in [0.1, 0.15) is 5.75 Å². The lowest BCUT2D eigenvalue weighted by atomic mass is 9.44. The molecule has 1 saturated heterocycles. The molecule has 4 aromatic carbocycles. The fourth-order valence-electron chi connectivity index (χ4n) is 9.44. The number of phenolic OH excluding ortho intramolecular Hbond substituents is 1. The van der Waals surface area contributed by atoms with E-state index in [1.165, 1.54) is 24.3 Å². The van der Waals surface area contributed by atoms with Crippen LogP contribution in [0.25, 0.3) is 5.57 Å². The van der Waals surface area contributed by atoms with E-state index >= 15 is 9.59 Å². The van der Waals surface area contributed by atoms with Gasteiger partial charge in [-0.15, -0.1) is 0 Å². The molecular weight excluding hydrogens is 642 g/mol. The largest absolute Gasteiger partial charge is 0.507 e. The van der Waals surface area contributed by atoms with Crippen LogP contribution < -0.4 is 4.90 Å². The Morgan fingerprint density at radius 3 is 2.14 bits per heavy atom. The lowest BCUT2D eigenvalue weighted by Crippen LogP contribution is -2.58. The van der Waals surface area contributed by atoms with Gasteiger partial charge in [0, 0.05) is 17.4 Å². The number of carboxylic acids is 1. The molecule has 0 unspecified atom stereocenters. The van der Waals surface area contributed by atoms with Crippen molar-refractivity contribution in [1.29, 1.82) is 0 Å². The summed E-state index contributed by atoms with van der Waals surface area (Å²) in [6.07, 6.45) is 3.88. The minimum atomic E-state index is -1.37. The first kappa shape index (κ1) is 32.3. The van der Waals surface area contributed by atoms with Crippen molar-refractivity contribution in [2.75, 3.05) is 4.90 Å². The number of benzene rings is 4. The third-order valence-corrected chi connectivity index (χ3v) is 11.6. The van der Waals surface area contributed by atoms with E-state index in [4.69, 9.17) is 0 Å². The minimum Gasteiger partial charge on any atom is -0.507 e. The first-order valence-corrected chi connectivity index (χ1v) is 17.2. The van der Waals surface area contributed by atoms with Crippen molar-refractivity contribution in [3.63, 3.8) is 0 Å². The van der Waals surface area contributed by atoms with Crippen molar-refractivity contribution in [3.05, 3.63) is 148 Å². The van der Waals surface area contributed by atoms with Gasteiger partial charge in [0.2, 0.25) is 11.8 Å². The predicted molar refractivity (Wildman–Crippen MR) is 190 cm³/mol. The van der Waals surface area contributed by atoms with Crippen molar-refractivity contribution in [2.45, 2.75) is 38.0 Å². The van der Waals surface area contributed by atoms with Gasteiger partial charge in [-0.25, -0.2) is 4.79 Å². The highest BCUT2D eigenvalue weighted by Crippen LogP contribution is 2.64. The maximum atomic E-state index is 15.2. The van der Waals surface area contributed by atoms with Gasteiger partial charge >= 0.3 is 5.97 Å². The van der Waals surface area contributed by atoms with Crippen molar-refractivity contribution in [1.82, 2.24) is 0 Å². The van der Waals surface area contributed by atoms with E-state index in [9.17, 15) is 24.6 Å². The van der Waals surface area contributed by atoms with E-state index in [1.54, 1.807) is 19.9 Å². The number of aromatic carboxylic acids is 1. The molecule has 2 amide bonds. The highest BCUT2D eigenvalue weighted by molar-refractivity contribution is 6.32. The number of fused-ring (bicyclic) bond motifs is 4. The fourth-order valence-corrected chi connectivity index (χ4v) is 9.44. The van der Waals surface area contributed by atoms with Crippen molar-refractivity contribution in [2.24, 2.45) is 23.7 Å². The van der Waals surface area contributed by atoms with Crippen LogP contribution in [0.1, 0.15) is 56.9 Å². The van der Waals surface area contributed by atoms with E-state index in [0.717, 1.165) is 16.0 Å². The Bertz CT molecular complexity index is 2210. The second kappa shape index (κ2) is 11.9. The molecule has 1 heterocycles. The summed E-state index contributed by atoms with van der Waals surface area (Å²) in [6.45, 7) is 3.60. The molecule has 8 rings (SSSR count). The zero-order chi connectivity index (χ0) is 35.8. The van der Waals surface area contributed by atoms with Gasteiger partial charge in [0.15, 0.2) is 11.6 Å². The number of amides is 2. The number of Topliss-reactive ketones (excluding diaryl/α,β-unsaturated/α-hetero) is 1. The number of hydrogen-bond donors (Lipinski definition) is 2. The number of hydrogen-bond acceptors (Lipinski definition) is 6. The van der Waals surface area contributed by atoms with Crippen LogP contribution in [0.5, 0.6) is 5.75 Å². The molecule has 0 bridgehead atoms. The van der Waals surface area contributed by atoms with Crippen LogP contribution >= 0.6 is 0 Å². The summed E-state index contributed by atoms with van der Waals surface area (Å²) in [5, 5.41) is 20.5. The lowest BCUT2D eigenvalue weighted by Gasteiger charge is -2.55. The molecule has 6 atom stereocenters. The third-order valence-electron chi connectivity index (χ3n) is 11.6. The number of imide groups is 1. The van der Waals surface area contributed by atoms with Gasteiger partial charge in [0.25, 0.3) is 0 Å². The first-order valence-electron chi connectivity index (χ1n) is 17.2. The zero-order valence-electron chi connectivity index (χ0n) is 28.1. The Hall–Kier alpha value is -5.89. The summed E-state index contributed by atoms with van der Waals surface area (Å²) in [5.41, 5.74) is 3.20. The summed E-state index contributed by atoms with van der Waals surface area (Å²) in [5.74, 6) is -6.00. The van der Waals surface area contributed by atoms with Crippen LogP contribution in [0.4, 0.5) is 5.69 Å². The van der Waals surface area contributed by atoms with Crippen LogP contribution in [-0.2, 0) is 24.6 Å². The highest BCUT2D eigenvalue weighted by atomic mass is 16.4. The van der Waals surface area contributed by atoms with Gasteiger partial charge in [-0.05, 0) is 84.7 Å². The number of aromatic hydroxyl groups is 1. The molecule has 51 heavy (non-hydrogen) atoms. The smallest absolute Gasteiger partial charge is 0.335 e. The minimum absolute atomic E-state index is 0.0447. The van der Waals surface area contributed by atoms with E-state index in [0.29, 0.717) is 27.8 Å². The molecule has 8 heteroatoms. The summed E-state index contributed by atoms with van der Waals surface area (Å²) in [6, 6.07) is 28.0. The van der Waals surface area contributed by atoms with Crippen LogP contribution in [0.15, 0.2) is 115 Å². The fraction of sp³-hybridized carbons (Fsp3) is 0.233.